The zero-order valence-electron chi connectivity index (χ0n) is 12.9. The van der Waals surface area contributed by atoms with Crippen molar-refractivity contribution >= 4 is 23.0 Å². The van der Waals surface area contributed by atoms with E-state index in [-0.39, 0.29) is 23.4 Å². The number of amides is 1. The van der Waals surface area contributed by atoms with Crippen molar-refractivity contribution < 1.29 is 14.6 Å². The Morgan fingerprint density at radius 2 is 1.76 bits per heavy atom. The lowest BCUT2D eigenvalue weighted by atomic mass is 10.1. The third-order valence-corrected chi connectivity index (χ3v) is 4.06. The van der Waals surface area contributed by atoms with Crippen LogP contribution in [0.1, 0.15) is 17.9 Å². The van der Waals surface area contributed by atoms with Crippen LogP contribution in [0.4, 0.5) is 17.1 Å². The molecule has 2 N–H and O–H groups in total. The molecule has 0 aliphatic heterocycles. The number of carbonyl (C=O) groups excluding carboxylic acids is 1. The molecule has 1 saturated carbocycles. The second-order valence-electron chi connectivity index (χ2n) is 5.69. The quantitative estimate of drug-likeness (QED) is 0.614. The number of nitro groups is 2. The lowest BCUT2D eigenvalue weighted by Crippen LogP contribution is -2.31. The average molecular weight is 342 g/mol. The number of non-ortho nitro benzene ring substituents is 1. The van der Waals surface area contributed by atoms with Crippen molar-refractivity contribution in [3.63, 3.8) is 0 Å². The Labute approximate surface area is 141 Å². The first-order valence-corrected chi connectivity index (χ1v) is 7.51. The summed E-state index contributed by atoms with van der Waals surface area (Å²) in [6.45, 7) is 0. The summed E-state index contributed by atoms with van der Waals surface area (Å²) in [5.74, 6) is -0.344. The normalized spacial score (nSPS) is 18.2. The second-order valence-corrected chi connectivity index (χ2v) is 5.69. The Morgan fingerprint density at radius 1 is 1.04 bits per heavy atom. The Kier molecular flexibility index (Phi) is 4.29. The fourth-order valence-corrected chi connectivity index (χ4v) is 2.67. The minimum atomic E-state index is -0.745. The summed E-state index contributed by atoms with van der Waals surface area (Å²) in [6, 6.07) is 12.8. The van der Waals surface area contributed by atoms with Gasteiger partial charge in [-0.25, -0.2) is 0 Å². The van der Waals surface area contributed by atoms with Crippen LogP contribution in [-0.4, -0.2) is 15.8 Å². The first-order chi connectivity index (χ1) is 12.0. The van der Waals surface area contributed by atoms with Crippen LogP contribution in [0.15, 0.2) is 48.5 Å². The first-order valence-electron chi connectivity index (χ1n) is 7.51. The van der Waals surface area contributed by atoms with Crippen LogP contribution in [0.3, 0.4) is 0 Å². The average Bonchev–Trinajstić information content (AvgIpc) is 3.41. The molecule has 0 spiro atoms. The Bertz CT molecular complexity index is 840. The lowest BCUT2D eigenvalue weighted by molar-refractivity contribution is -0.393. The van der Waals surface area contributed by atoms with Crippen LogP contribution in [0.5, 0.6) is 0 Å². The zero-order valence-corrected chi connectivity index (χ0v) is 12.9. The molecule has 1 aliphatic carbocycles. The van der Waals surface area contributed by atoms with Gasteiger partial charge in [0.15, 0.2) is 0 Å². The minimum absolute atomic E-state index is 0.0131. The van der Waals surface area contributed by atoms with Gasteiger partial charge in [0.2, 0.25) is 5.91 Å². The maximum absolute atomic E-state index is 12.2. The highest BCUT2D eigenvalue weighted by atomic mass is 16.6. The van der Waals surface area contributed by atoms with Gasteiger partial charge in [0.05, 0.1) is 15.9 Å². The lowest BCUT2D eigenvalue weighted by Gasteiger charge is -2.09. The number of benzene rings is 2. The maximum atomic E-state index is 12.2. The van der Waals surface area contributed by atoms with Crippen LogP contribution in [0.25, 0.3) is 0 Å². The van der Waals surface area contributed by atoms with Gasteiger partial charge in [0.25, 0.3) is 5.69 Å². The van der Waals surface area contributed by atoms with Crippen molar-refractivity contribution in [1.29, 1.82) is 0 Å². The van der Waals surface area contributed by atoms with Gasteiger partial charge in [0, 0.05) is 12.0 Å². The van der Waals surface area contributed by atoms with E-state index in [4.69, 9.17) is 0 Å². The smallest absolute Gasteiger partial charge is 0.292 e. The molecule has 0 radical (unpaired) electrons. The van der Waals surface area contributed by atoms with Crippen molar-refractivity contribution in [2.24, 2.45) is 5.92 Å². The Balaban J connectivity index is 1.65. The molecule has 1 aliphatic rings. The summed E-state index contributed by atoms with van der Waals surface area (Å²) in [5, 5.41) is 21.8. The molecule has 0 aromatic heterocycles. The van der Waals surface area contributed by atoms with Crippen LogP contribution in [-0.2, 0) is 4.79 Å². The summed E-state index contributed by atoms with van der Waals surface area (Å²) < 4.78 is 0. The number of carbonyl (C=O) groups is 1. The molecule has 1 amide bonds. The van der Waals surface area contributed by atoms with Gasteiger partial charge in [-0.3, -0.25) is 35.9 Å². The van der Waals surface area contributed by atoms with Crippen molar-refractivity contribution in [2.75, 3.05) is 5.43 Å². The second kappa shape index (κ2) is 6.56. The monoisotopic (exact) mass is 342 g/mol. The SMILES string of the molecule is O=C(NNc1ccc([N+](=O)[O-])cc1[N+](=O)[O-])[C@H]1C[C@H]1c1ccccc1. The summed E-state index contributed by atoms with van der Waals surface area (Å²) in [7, 11) is 0. The van der Waals surface area contributed by atoms with Crippen molar-refractivity contribution in [3.05, 3.63) is 74.3 Å². The fourth-order valence-electron chi connectivity index (χ4n) is 2.67. The molecule has 0 saturated heterocycles. The predicted molar refractivity (Wildman–Crippen MR) is 88.8 cm³/mol. The van der Waals surface area contributed by atoms with Crippen LogP contribution in [0.2, 0.25) is 0 Å². The maximum Gasteiger partial charge on any atom is 0.300 e. The molecule has 1 fully saturated rings. The number of hydrazine groups is 1. The number of rotatable bonds is 6. The van der Waals surface area contributed by atoms with Crippen LogP contribution < -0.4 is 10.9 Å². The van der Waals surface area contributed by atoms with Gasteiger partial charge < -0.3 is 0 Å². The third-order valence-electron chi connectivity index (χ3n) is 4.06. The zero-order chi connectivity index (χ0) is 18.0. The van der Waals surface area contributed by atoms with Crippen molar-refractivity contribution in [3.8, 4) is 0 Å². The van der Waals surface area contributed by atoms with Gasteiger partial charge in [-0.15, -0.1) is 0 Å². The highest BCUT2D eigenvalue weighted by Crippen LogP contribution is 2.47. The van der Waals surface area contributed by atoms with E-state index in [9.17, 15) is 25.0 Å². The summed E-state index contributed by atoms with van der Waals surface area (Å²) in [5.41, 5.74) is 5.12. The molecule has 25 heavy (non-hydrogen) atoms. The molecular formula is C16H14N4O5. The topological polar surface area (TPSA) is 127 Å². The summed E-state index contributed by atoms with van der Waals surface area (Å²) in [6.07, 6.45) is 0.708. The molecule has 9 nitrogen and oxygen atoms in total. The highest BCUT2D eigenvalue weighted by molar-refractivity contribution is 5.84. The molecule has 0 heterocycles. The first kappa shape index (κ1) is 16.4. The van der Waals surface area contributed by atoms with Crippen molar-refractivity contribution in [2.45, 2.75) is 12.3 Å². The Hall–Kier alpha value is -3.49. The van der Waals surface area contributed by atoms with Gasteiger partial charge in [0.1, 0.15) is 5.69 Å². The number of hydrogen-bond donors (Lipinski definition) is 2. The predicted octanol–water partition coefficient (Wildman–Crippen LogP) is 2.75. The molecule has 3 rings (SSSR count). The molecule has 9 heteroatoms. The number of nitro benzene ring substituents is 2. The van der Waals surface area contributed by atoms with E-state index in [0.717, 1.165) is 17.7 Å². The molecule has 2 aromatic rings. The van der Waals surface area contributed by atoms with E-state index in [2.05, 4.69) is 10.9 Å². The minimum Gasteiger partial charge on any atom is -0.292 e. The molecule has 128 valence electrons. The number of nitrogens with zero attached hydrogens (tertiary/aromatic N) is 2. The third kappa shape index (κ3) is 3.55. The summed E-state index contributed by atoms with van der Waals surface area (Å²) >= 11 is 0. The van der Waals surface area contributed by atoms with E-state index in [1.54, 1.807) is 0 Å². The molecule has 0 unspecified atom stereocenters. The van der Waals surface area contributed by atoms with E-state index < -0.39 is 21.2 Å². The number of anilines is 1. The fraction of sp³-hybridized carbons (Fsp3) is 0.188. The number of nitrogens with one attached hydrogen (secondary N) is 2. The van der Waals surface area contributed by atoms with E-state index in [1.807, 2.05) is 30.3 Å². The van der Waals surface area contributed by atoms with Gasteiger partial charge in [-0.1, -0.05) is 30.3 Å². The van der Waals surface area contributed by atoms with E-state index >= 15 is 0 Å². The van der Waals surface area contributed by atoms with Crippen molar-refractivity contribution in [1.82, 2.24) is 5.43 Å². The molecule has 2 atom stereocenters. The van der Waals surface area contributed by atoms with Crippen LogP contribution >= 0.6 is 0 Å². The Morgan fingerprint density at radius 3 is 2.40 bits per heavy atom. The van der Waals surface area contributed by atoms with Gasteiger partial charge in [-0.05, 0) is 24.0 Å². The molecular weight excluding hydrogens is 328 g/mol. The molecule has 2 aromatic carbocycles. The molecule has 0 bridgehead atoms. The standard InChI is InChI=1S/C16H14N4O5/c21-16(13-9-12(13)10-4-2-1-3-5-10)18-17-14-7-6-11(19(22)23)8-15(14)20(24)25/h1-8,12-13,17H,9H2,(H,18,21)/t12-,13-/m0/s1. The van der Waals surface area contributed by atoms with E-state index in [1.165, 1.54) is 6.07 Å². The highest BCUT2D eigenvalue weighted by Gasteiger charge is 2.43. The number of hydrogen-bond acceptors (Lipinski definition) is 6. The van der Waals surface area contributed by atoms with E-state index in [0.29, 0.717) is 6.42 Å². The van der Waals surface area contributed by atoms with Gasteiger partial charge in [-0.2, -0.15) is 0 Å². The van der Waals surface area contributed by atoms with Gasteiger partial charge >= 0.3 is 5.69 Å². The summed E-state index contributed by atoms with van der Waals surface area (Å²) in [4.78, 5) is 32.5. The van der Waals surface area contributed by atoms with Crippen LogP contribution in [0, 0.1) is 26.1 Å². The largest absolute Gasteiger partial charge is 0.300 e.